The minimum atomic E-state index is -0.859. The summed E-state index contributed by atoms with van der Waals surface area (Å²) in [5.41, 5.74) is 1.66. The fraction of sp³-hybridized carbons (Fsp3) is 0.464. The molecular weight excluding hydrogens is 410 g/mol. The Morgan fingerprint density at radius 2 is 1.64 bits per heavy atom. The first kappa shape index (κ1) is 22.2. The summed E-state index contributed by atoms with van der Waals surface area (Å²) in [5.74, 6) is 2.16. The van der Waals surface area contributed by atoms with Crippen LogP contribution in [0.15, 0.2) is 67.0 Å². The summed E-state index contributed by atoms with van der Waals surface area (Å²) >= 11 is 0. The molecule has 33 heavy (non-hydrogen) atoms. The molecule has 1 saturated heterocycles. The quantitative estimate of drug-likeness (QED) is 0.566. The van der Waals surface area contributed by atoms with E-state index in [1.807, 2.05) is 32.3 Å². The number of hydrogen-bond acceptors (Lipinski definition) is 4. The predicted molar refractivity (Wildman–Crippen MR) is 130 cm³/mol. The second kappa shape index (κ2) is 9.32. The average Bonchev–Trinajstić information content (AvgIpc) is 3.25. The van der Waals surface area contributed by atoms with E-state index < -0.39 is 5.60 Å². The highest BCUT2D eigenvalue weighted by atomic mass is 16.5. The summed E-state index contributed by atoms with van der Waals surface area (Å²) in [4.78, 5) is 7.23. The summed E-state index contributed by atoms with van der Waals surface area (Å²) in [6.07, 6.45) is 7.32. The van der Waals surface area contributed by atoms with Crippen molar-refractivity contribution in [3.8, 4) is 5.75 Å². The minimum Gasteiger partial charge on any atom is -0.491 e. The van der Waals surface area contributed by atoms with E-state index in [4.69, 9.17) is 9.72 Å². The van der Waals surface area contributed by atoms with Gasteiger partial charge in [-0.2, -0.15) is 0 Å². The molecule has 2 aromatic carbocycles. The fourth-order valence-electron chi connectivity index (χ4n) is 5.81. The van der Waals surface area contributed by atoms with E-state index in [0.717, 1.165) is 50.6 Å². The van der Waals surface area contributed by atoms with Gasteiger partial charge in [0, 0.05) is 50.4 Å². The third kappa shape index (κ3) is 4.57. The Morgan fingerprint density at radius 3 is 2.30 bits per heavy atom. The van der Waals surface area contributed by atoms with E-state index in [1.165, 1.54) is 17.5 Å². The maximum atomic E-state index is 12.1. The van der Waals surface area contributed by atoms with Gasteiger partial charge in [0.1, 0.15) is 17.2 Å². The fourth-order valence-corrected chi connectivity index (χ4v) is 5.81. The molecule has 2 heterocycles. The van der Waals surface area contributed by atoms with Crippen LogP contribution in [0.2, 0.25) is 0 Å². The minimum absolute atomic E-state index is 0.185. The van der Waals surface area contributed by atoms with Gasteiger partial charge in [-0.3, -0.25) is 4.90 Å². The van der Waals surface area contributed by atoms with Crippen LogP contribution in [0.1, 0.15) is 50.1 Å². The standard InChI is InChI=1S/C28H35N3O2/c1-21(2)33-26-13-11-23(12-14-26)17-30-19-24-9-6-10-25(20-30)28(24,32)27-29-15-16-31(27)18-22-7-4-3-5-8-22/h3-5,7-8,11-16,21,24-25,32H,6,9-10,17-20H2,1-2H3. The van der Waals surface area contributed by atoms with Crippen molar-refractivity contribution in [1.29, 1.82) is 0 Å². The number of ether oxygens (including phenoxy) is 1. The zero-order valence-corrected chi connectivity index (χ0v) is 19.7. The Hall–Kier alpha value is -2.63. The van der Waals surface area contributed by atoms with Crippen molar-refractivity contribution in [3.63, 3.8) is 0 Å². The maximum absolute atomic E-state index is 12.1. The van der Waals surface area contributed by atoms with Gasteiger partial charge >= 0.3 is 0 Å². The zero-order valence-electron chi connectivity index (χ0n) is 19.7. The van der Waals surface area contributed by atoms with Crippen molar-refractivity contribution in [1.82, 2.24) is 14.5 Å². The molecule has 1 saturated carbocycles. The van der Waals surface area contributed by atoms with E-state index >= 15 is 0 Å². The van der Waals surface area contributed by atoms with Gasteiger partial charge < -0.3 is 14.4 Å². The summed E-state index contributed by atoms with van der Waals surface area (Å²) in [6, 6.07) is 18.9. The van der Waals surface area contributed by atoms with Crippen LogP contribution in [-0.4, -0.2) is 38.8 Å². The smallest absolute Gasteiger partial charge is 0.141 e. The van der Waals surface area contributed by atoms with Gasteiger partial charge in [0.2, 0.25) is 0 Å². The highest BCUT2D eigenvalue weighted by molar-refractivity contribution is 5.28. The summed E-state index contributed by atoms with van der Waals surface area (Å²) in [7, 11) is 0. The third-order valence-corrected chi connectivity index (χ3v) is 7.28. The Labute approximate surface area is 197 Å². The second-order valence-corrected chi connectivity index (χ2v) is 10.0. The van der Waals surface area contributed by atoms with Crippen molar-refractivity contribution < 1.29 is 9.84 Å². The number of rotatable bonds is 7. The Morgan fingerprint density at radius 1 is 0.970 bits per heavy atom. The van der Waals surface area contributed by atoms with Crippen molar-refractivity contribution in [3.05, 3.63) is 83.9 Å². The number of nitrogens with zero attached hydrogens (tertiary/aromatic N) is 3. The first-order chi connectivity index (χ1) is 16.0. The van der Waals surface area contributed by atoms with Crippen LogP contribution in [0, 0.1) is 11.8 Å². The zero-order chi connectivity index (χ0) is 22.8. The lowest BCUT2D eigenvalue weighted by Gasteiger charge is -2.52. The first-order valence-corrected chi connectivity index (χ1v) is 12.3. The molecule has 1 aliphatic carbocycles. The normalized spacial score (nSPS) is 25.3. The molecule has 1 aromatic heterocycles. The van der Waals surface area contributed by atoms with Crippen molar-refractivity contribution >= 4 is 0 Å². The molecule has 174 valence electrons. The lowest BCUT2D eigenvalue weighted by atomic mass is 9.65. The van der Waals surface area contributed by atoms with Crippen LogP contribution >= 0.6 is 0 Å². The van der Waals surface area contributed by atoms with Gasteiger partial charge in [-0.1, -0.05) is 48.9 Å². The SMILES string of the molecule is CC(C)Oc1ccc(CN2CC3CCCC(C2)C3(O)c2nccn2Cc2ccccc2)cc1. The molecule has 1 aliphatic heterocycles. The topological polar surface area (TPSA) is 50.5 Å². The van der Waals surface area contributed by atoms with Crippen LogP contribution in [-0.2, 0) is 18.7 Å². The molecule has 2 aliphatic rings. The molecule has 5 nitrogen and oxygen atoms in total. The van der Waals surface area contributed by atoms with Gasteiger partial charge in [0.25, 0.3) is 0 Å². The number of piperidine rings is 1. The Kier molecular flexibility index (Phi) is 6.26. The summed E-state index contributed by atoms with van der Waals surface area (Å²) < 4.78 is 7.94. The highest BCUT2D eigenvalue weighted by Crippen LogP contribution is 2.49. The lowest BCUT2D eigenvalue weighted by molar-refractivity contribution is -0.155. The van der Waals surface area contributed by atoms with Gasteiger partial charge in [0.15, 0.2) is 0 Å². The molecule has 0 amide bonds. The molecule has 2 fully saturated rings. The van der Waals surface area contributed by atoms with Crippen molar-refractivity contribution in [2.45, 2.75) is 57.9 Å². The van der Waals surface area contributed by atoms with E-state index in [-0.39, 0.29) is 17.9 Å². The molecule has 1 N–H and O–H groups in total. The number of imidazole rings is 1. The van der Waals surface area contributed by atoms with Gasteiger partial charge in [-0.05, 0) is 49.9 Å². The number of aliphatic hydroxyl groups is 1. The van der Waals surface area contributed by atoms with Crippen LogP contribution in [0.4, 0.5) is 0 Å². The monoisotopic (exact) mass is 445 g/mol. The highest BCUT2D eigenvalue weighted by Gasteiger charge is 2.53. The first-order valence-electron chi connectivity index (χ1n) is 12.3. The lowest BCUT2D eigenvalue weighted by Crippen LogP contribution is -2.58. The Bertz CT molecular complexity index is 1030. The Balaban J connectivity index is 1.32. The molecule has 0 radical (unpaired) electrons. The van der Waals surface area contributed by atoms with Gasteiger partial charge in [-0.25, -0.2) is 4.98 Å². The van der Waals surface area contributed by atoms with E-state index in [2.05, 4.69) is 58.0 Å². The molecule has 2 atom stereocenters. The number of hydrogen-bond donors (Lipinski definition) is 1. The molecule has 0 spiro atoms. The number of aromatic nitrogens is 2. The van der Waals surface area contributed by atoms with Crippen LogP contribution in [0.3, 0.4) is 0 Å². The predicted octanol–water partition coefficient (Wildman–Crippen LogP) is 4.84. The second-order valence-electron chi connectivity index (χ2n) is 10.0. The van der Waals surface area contributed by atoms with Gasteiger partial charge in [-0.15, -0.1) is 0 Å². The summed E-state index contributed by atoms with van der Waals surface area (Å²) in [5, 5.41) is 12.1. The molecular formula is C28H35N3O2. The molecule has 5 rings (SSSR count). The van der Waals surface area contributed by atoms with Crippen LogP contribution in [0.5, 0.6) is 5.75 Å². The molecule has 2 unspecified atom stereocenters. The van der Waals surface area contributed by atoms with E-state index in [9.17, 15) is 5.11 Å². The number of benzene rings is 2. The number of likely N-dealkylation sites (tertiary alicyclic amines) is 1. The van der Waals surface area contributed by atoms with E-state index in [1.54, 1.807) is 0 Å². The molecule has 3 aromatic rings. The van der Waals surface area contributed by atoms with Crippen molar-refractivity contribution in [2.24, 2.45) is 11.8 Å². The maximum Gasteiger partial charge on any atom is 0.141 e. The van der Waals surface area contributed by atoms with Crippen molar-refractivity contribution in [2.75, 3.05) is 13.1 Å². The molecule has 5 heteroatoms. The van der Waals surface area contributed by atoms with Crippen LogP contribution < -0.4 is 4.74 Å². The number of fused-ring (bicyclic) bond motifs is 2. The summed E-state index contributed by atoms with van der Waals surface area (Å²) in [6.45, 7) is 7.54. The van der Waals surface area contributed by atoms with Gasteiger partial charge in [0.05, 0.1) is 6.10 Å². The average molecular weight is 446 g/mol. The molecule has 2 bridgehead atoms. The van der Waals surface area contributed by atoms with Crippen LogP contribution in [0.25, 0.3) is 0 Å². The third-order valence-electron chi connectivity index (χ3n) is 7.28. The largest absolute Gasteiger partial charge is 0.491 e. The van der Waals surface area contributed by atoms with E-state index in [0.29, 0.717) is 0 Å².